The molecule has 1 amide bonds. The number of hydrogen-bond donors (Lipinski definition) is 1. The number of likely N-dealkylation sites (tertiary alicyclic amines) is 1. The summed E-state index contributed by atoms with van der Waals surface area (Å²) < 4.78 is 24.2. The van der Waals surface area contributed by atoms with Crippen LogP contribution in [0.25, 0.3) is 0 Å². The number of aliphatic hydroxyl groups is 1. The topological polar surface area (TPSA) is 62.2 Å². The molecule has 2 rings (SSSR count). The van der Waals surface area contributed by atoms with Crippen molar-refractivity contribution >= 4 is 5.91 Å². The number of piperidine rings is 1. The number of methoxy groups -OCH3 is 2. The maximum Gasteiger partial charge on any atom is 0.256 e. The molecular formula is C18H27FN2O4. The Bertz CT molecular complexity index is 598. The van der Waals surface area contributed by atoms with Crippen molar-refractivity contribution in [3.05, 3.63) is 29.6 Å². The number of benzene rings is 1. The monoisotopic (exact) mass is 354 g/mol. The summed E-state index contributed by atoms with van der Waals surface area (Å²) in [5, 5.41) is 10.8. The molecule has 1 fully saturated rings. The molecule has 0 unspecified atom stereocenters. The van der Waals surface area contributed by atoms with Crippen LogP contribution in [0.5, 0.6) is 5.75 Å². The molecule has 6 nitrogen and oxygen atoms in total. The third kappa shape index (κ3) is 4.90. The van der Waals surface area contributed by atoms with Gasteiger partial charge in [-0.15, -0.1) is 0 Å². The Hall–Kier alpha value is -1.70. The van der Waals surface area contributed by atoms with Crippen LogP contribution in [0.4, 0.5) is 4.39 Å². The summed E-state index contributed by atoms with van der Waals surface area (Å²) in [6, 6.07) is 4.45. The fourth-order valence-electron chi connectivity index (χ4n) is 3.14. The molecule has 1 heterocycles. The fourth-order valence-corrected chi connectivity index (χ4v) is 3.14. The summed E-state index contributed by atoms with van der Waals surface area (Å²) in [4.78, 5) is 16.2. The van der Waals surface area contributed by atoms with Crippen molar-refractivity contribution in [1.29, 1.82) is 0 Å². The summed E-state index contributed by atoms with van der Waals surface area (Å²) >= 11 is 0. The lowest BCUT2D eigenvalue weighted by atomic mass is 9.90. The van der Waals surface area contributed by atoms with E-state index in [1.807, 2.05) is 11.9 Å². The van der Waals surface area contributed by atoms with Gasteiger partial charge >= 0.3 is 0 Å². The standard InChI is InChI=1S/C18H27FN2O4/c1-20(9-10-24-2)13-18(23)7-4-8-21(17(18)22)12-14-11-15(25-3)5-6-16(14)19/h5-6,11,23H,4,7-10,12-13H2,1-3H3/t18-/m1/s1. The largest absolute Gasteiger partial charge is 0.497 e. The molecule has 0 radical (unpaired) electrons. The number of nitrogens with zero attached hydrogens (tertiary/aromatic N) is 2. The Balaban J connectivity index is 2.08. The predicted octanol–water partition coefficient (Wildman–Crippen LogP) is 1.27. The van der Waals surface area contributed by atoms with E-state index in [1.165, 1.54) is 24.1 Å². The van der Waals surface area contributed by atoms with Crippen molar-refractivity contribution in [1.82, 2.24) is 9.80 Å². The fraction of sp³-hybridized carbons (Fsp3) is 0.611. The van der Waals surface area contributed by atoms with Gasteiger partial charge in [0.2, 0.25) is 0 Å². The molecule has 0 aromatic heterocycles. The molecule has 7 heteroatoms. The van der Waals surface area contributed by atoms with Gasteiger partial charge in [-0.1, -0.05) is 0 Å². The Morgan fingerprint density at radius 1 is 1.40 bits per heavy atom. The molecule has 0 bridgehead atoms. The number of ether oxygens (including phenoxy) is 2. The third-order valence-electron chi connectivity index (χ3n) is 4.53. The number of rotatable bonds is 8. The summed E-state index contributed by atoms with van der Waals surface area (Å²) in [7, 11) is 4.96. The lowest BCUT2D eigenvalue weighted by Gasteiger charge is -2.40. The normalized spacial score (nSPS) is 21.0. The third-order valence-corrected chi connectivity index (χ3v) is 4.53. The minimum Gasteiger partial charge on any atom is -0.497 e. The minimum atomic E-state index is -1.45. The maximum absolute atomic E-state index is 14.1. The van der Waals surface area contributed by atoms with Gasteiger partial charge in [0.1, 0.15) is 11.6 Å². The molecular weight excluding hydrogens is 327 g/mol. The van der Waals surface area contributed by atoms with E-state index in [-0.39, 0.29) is 24.8 Å². The first-order chi connectivity index (χ1) is 11.9. The van der Waals surface area contributed by atoms with Crippen molar-refractivity contribution in [2.24, 2.45) is 0 Å². The molecule has 1 aromatic carbocycles. The summed E-state index contributed by atoms with van der Waals surface area (Å²) in [6.45, 7) is 1.99. The number of carbonyl (C=O) groups excluding carboxylic acids is 1. The second kappa shape index (κ2) is 8.60. The lowest BCUT2D eigenvalue weighted by molar-refractivity contribution is -0.160. The highest BCUT2D eigenvalue weighted by molar-refractivity contribution is 5.86. The number of hydrogen-bond acceptors (Lipinski definition) is 5. The Morgan fingerprint density at radius 2 is 2.16 bits per heavy atom. The second-order valence-electron chi connectivity index (χ2n) is 6.55. The molecule has 140 valence electrons. The molecule has 25 heavy (non-hydrogen) atoms. The Labute approximate surface area is 148 Å². The zero-order valence-electron chi connectivity index (χ0n) is 15.1. The minimum absolute atomic E-state index is 0.117. The average Bonchev–Trinajstić information content (AvgIpc) is 2.59. The van der Waals surface area contributed by atoms with Gasteiger partial charge in [0.25, 0.3) is 5.91 Å². The van der Waals surface area contributed by atoms with Crippen LogP contribution < -0.4 is 4.74 Å². The first kappa shape index (κ1) is 19.6. The first-order valence-electron chi connectivity index (χ1n) is 8.41. The number of likely N-dealkylation sites (N-methyl/N-ethyl adjacent to an activating group) is 1. The van der Waals surface area contributed by atoms with Gasteiger partial charge in [-0.05, 0) is 38.1 Å². The van der Waals surface area contributed by atoms with E-state index >= 15 is 0 Å². The van der Waals surface area contributed by atoms with Gasteiger partial charge < -0.3 is 24.4 Å². The number of amides is 1. The summed E-state index contributed by atoms with van der Waals surface area (Å²) in [6.07, 6.45) is 1.08. The van der Waals surface area contributed by atoms with E-state index in [4.69, 9.17) is 9.47 Å². The zero-order chi connectivity index (χ0) is 18.4. The van der Waals surface area contributed by atoms with Crippen LogP contribution in [0.2, 0.25) is 0 Å². The van der Waals surface area contributed by atoms with Gasteiger partial charge in [0.15, 0.2) is 5.60 Å². The van der Waals surface area contributed by atoms with Crippen molar-refractivity contribution in [3.63, 3.8) is 0 Å². The maximum atomic E-state index is 14.1. The highest BCUT2D eigenvalue weighted by Gasteiger charge is 2.42. The van der Waals surface area contributed by atoms with E-state index in [9.17, 15) is 14.3 Å². The van der Waals surface area contributed by atoms with Crippen molar-refractivity contribution in [2.45, 2.75) is 25.0 Å². The SMILES string of the molecule is COCCN(C)C[C@]1(O)CCCN(Cc2cc(OC)ccc2F)C1=O. The highest BCUT2D eigenvalue weighted by Crippen LogP contribution is 2.26. The number of carbonyl (C=O) groups is 1. The molecule has 0 aliphatic carbocycles. The van der Waals surface area contributed by atoms with Crippen molar-refractivity contribution < 1.29 is 23.8 Å². The molecule has 1 aromatic rings. The highest BCUT2D eigenvalue weighted by atomic mass is 19.1. The van der Waals surface area contributed by atoms with Crippen LogP contribution in [0.1, 0.15) is 18.4 Å². The van der Waals surface area contributed by atoms with Crippen molar-refractivity contribution in [2.75, 3.05) is 47.5 Å². The van der Waals surface area contributed by atoms with Crippen molar-refractivity contribution in [3.8, 4) is 5.75 Å². The lowest BCUT2D eigenvalue weighted by Crippen LogP contribution is -2.58. The van der Waals surface area contributed by atoms with E-state index in [0.29, 0.717) is 43.9 Å². The van der Waals surface area contributed by atoms with Crippen LogP contribution in [0.15, 0.2) is 18.2 Å². The second-order valence-corrected chi connectivity index (χ2v) is 6.55. The summed E-state index contributed by atoms with van der Waals surface area (Å²) in [5.41, 5.74) is -1.07. The zero-order valence-corrected chi connectivity index (χ0v) is 15.1. The van der Waals surface area contributed by atoms with E-state index < -0.39 is 5.60 Å². The van der Waals surface area contributed by atoms with E-state index in [1.54, 1.807) is 13.2 Å². The molecule has 1 atom stereocenters. The molecule has 0 spiro atoms. The molecule has 0 saturated carbocycles. The van der Waals surface area contributed by atoms with Gasteiger partial charge in [-0.25, -0.2) is 4.39 Å². The van der Waals surface area contributed by atoms with Crippen LogP contribution >= 0.6 is 0 Å². The smallest absolute Gasteiger partial charge is 0.256 e. The van der Waals surface area contributed by atoms with E-state index in [2.05, 4.69) is 0 Å². The quantitative estimate of drug-likeness (QED) is 0.762. The van der Waals surface area contributed by atoms with E-state index in [0.717, 1.165) is 0 Å². The molecule has 1 N–H and O–H groups in total. The van der Waals surface area contributed by atoms with Crippen LogP contribution in [-0.4, -0.2) is 73.9 Å². The Kier molecular flexibility index (Phi) is 6.75. The molecule has 1 aliphatic rings. The first-order valence-corrected chi connectivity index (χ1v) is 8.41. The van der Waals surface area contributed by atoms with Gasteiger partial charge in [-0.2, -0.15) is 0 Å². The molecule has 1 saturated heterocycles. The van der Waals surface area contributed by atoms with Crippen LogP contribution in [0, 0.1) is 5.82 Å². The van der Waals surface area contributed by atoms with Crippen LogP contribution in [0.3, 0.4) is 0 Å². The molecule has 1 aliphatic heterocycles. The Morgan fingerprint density at radius 3 is 2.84 bits per heavy atom. The summed E-state index contributed by atoms with van der Waals surface area (Å²) in [5.74, 6) is -0.208. The van der Waals surface area contributed by atoms with Gasteiger partial charge in [0.05, 0.1) is 13.7 Å². The average molecular weight is 354 g/mol. The van der Waals surface area contributed by atoms with Gasteiger partial charge in [0, 0.05) is 38.9 Å². The predicted molar refractivity (Wildman–Crippen MR) is 91.9 cm³/mol. The van der Waals surface area contributed by atoms with Crippen LogP contribution in [-0.2, 0) is 16.1 Å². The van der Waals surface area contributed by atoms with Gasteiger partial charge in [-0.3, -0.25) is 4.79 Å². The number of halogens is 1.